The van der Waals surface area contributed by atoms with Crippen molar-refractivity contribution in [3.8, 4) is 5.75 Å². The number of aromatic amines is 1. The minimum atomic E-state index is -0.144. The molecule has 29 heavy (non-hydrogen) atoms. The molecule has 0 saturated carbocycles. The zero-order valence-electron chi connectivity index (χ0n) is 17.5. The molecule has 0 aliphatic rings. The molecule has 2 aromatic carbocycles. The topological polar surface area (TPSA) is 62.4 Å². The van der Waals surface area contributed by atoms with Gasteiger partial charge >= 0.3 is 0 Å². The fourth-order valence-corrected chi connectivity index (χ4v) is 3.41. The maximum atomic E-state index is 13.0. The summed E-state index contributed by atoms with van der Waals surface area (Å²) in [6.07, 6.45) is 0.293. The number of fused-ring (bicyclic) bond motifs is 1. The van der Waals surface area contributed by atoms with E-state index in [1.165, 1.54) is 0 Å². The van der Waals surface area contributed by atoms with Crippen LogP contribution >= 0.6 is 0 Å². The number of methoxy groups -OCH3 is 1. The van der Waals surface area contributed by atoms with Crippen LogP contribution in [0.15, 0.2) is 53.3 Å². The molecule has 5 heteroatoms. The summed E-state index contributed by atoms with van der Waals surface area (Å²) < 4.78 is 5.18. The Kier molecular flexibility index (Phi) is 6.37. The number of nitrogens with zero attached hydrogens (tertiary/aromatic N) is 1. The maximum absolute atomic E-state index is 13.0. The van der Waals surface area contributed by atoms with Crippen LogP contribution in [0.3, 0.4) is 0 Å². The summed E-state index contributed by atoms with van der Waals surface area (Å²) in [5.74, 6) is 1.07. The van der Waals surface area contributed by atoms with Crippen molar-refractivity contribution >= 4 is 16.8 Å². The van der Waals surface area contributed by atoms with Crippen molar-refractivity contribution in [2.75, 3.05) is 13.7 Å². The molecule has 3 rings (SSSR count). The van der Waals surface area contributed by atoms with E-state index < -0.39 is 0 Å². The van der Waals surface area contributed by atoms with Gasteiger partial charge in [-0.25, -0.2) is 0 Å². The number of H-pyrrole nitrogens is 1. The molecule has 3 aromatic rings. The fourth-order valence-electron chi connectivity index (χ4n) is 3.41. The molecule has 1 N–H and O–H groups in total. The van der Waals surface area contributed by atoms with Crippen molar-refractivity contribution in [2.45, 2.75) is 33.7 Å². The van der Waals surface area contributed by atoms with Crippen LogP contribution in [0.1, 0.15) is 30.5 Å². The Labute approximate surface area is 171 Å². The van der Waals surface area contributed by atoms with E-state index in [4.69, 9.17) is 4.74 Å². The summed E-state index contributed by atoms with van der Waals surface area (Å²) >= 11 is 0. The van der Waals surface area contributed by atoms with Crippen molar-refractivity contribution in [3.05, 3.63) is 75.6 Å². The lowest BCUT2D eigenvalue weighted by atomic mass is 10.1. The van der Waals surface area contributed by atoms with Gasteiger partial charge in [0.25, 0.3) is 5.56 Å². The fraction of sp³-hybridized carbons (Fsp3) is 0.333. The predicted octanol–water partition coefficient (Wildman–Crippen LogP) is 4.07. The van der Waals surface area contributed by atoms with Crippen LogP contribution in [0.2, 0.25) is 0 Å². The lowest BCUT2D eigenvalue weighted by Gasteiger charge is -2.25. The van der Waals surface area contributed by atoms with E-state index in [0.717, 1.165) is 27.8 Å². The van der Waals surface area contributed by atoms with Crippen LogP contribution < -0.4 is 10.3 Å². The smallest absolute Gasteiger partial charge is 0.253 e. The molecular formula is C24H28N2O3. The van der Waals surface area contributed by atoms with Gasteiger partial charge in [0.15, 0.2) is 0 Å². The molecule has 0 fully saturated rings. The quantitative estimate of drug-likeness (QED) is 0.659. The van der Waals surface area contributed by atoms with Crippen molar-refractivity contribution in [3.63, 3.8) is 0 Å². The van der Waals surface area contributed by atoms with Gasteiger partial charge in [0, 0.05) is 17.6 Å². The number of benzene rings is 2. The largest absolute Gasteiger partial charge is 0.497 e. The highest BCUT2D eigenvalue weighted by molar-refractivity contribution is 5.81. The second-order valence-corrected chi connectivity index (χ2v) is 7.91. The van der Waals surface area contributed by atoms with E-state index in [1.54, 1.807) is 12.0 Å². The van der Waals surface area contributed by atoms with Crippen LogP contribution in [0.4, 0.5) is 0 Å². The third-order valence-corrected chi connectivity index (χ3v) is 4.89. The van der Waals surface area contributed by atoms with E-state index in [0.29, 0.717) is 31.0 Å². The number of carbonyl (C=O) groups excluding carboxylic acids is 1. The summed E-state index contributed by atoms with van der Waals surface area (Å²) in [7, 11) is 1.62. The minimum absolute atomic E-state index is 0.00673. The van der Waals surface area contributed by atoms with Crippen LogP contribution in [0.5, 0.6) is 5.75 Å². The normalized spacial score (nSPS) is 11.1. The Morgan fingerprint density at radius 2 is 1.83 bits per heavy atom. The molecule has 0 aliphatic heterocycles. The number of hydrogen-bond acceptors (Lipinski definition) is 3. The number of amides is 1. The third-order valence-electron chi connectivity index (χ3n) is 4.89. The highest BCUT2D eigenvalue weighted by Crippen LogP contribution is 2.16. The Bertz CT molecular complexity index is 1050. The van der Waals surface area contributed by atoms with Crippen LogP contribution in [0.25, 0.3) is 10.9 Å². The first-order valence-electron chi connectivity index (χ1n) is 9.89. The summed E-state index contributed by atoms with van der Waals surface area (Å²) in [4.78, 5) is 30.3. The molecule has 0 unspecified atom stereocenters. The molecule has 0 atom stereocenters. The average Bonchev–Trinajstić information content (AvgIpc) is 2.68. The first-order valence-corrected chi connectivity index (χ1v) is 9.89. The molecule has 5 nitrogen and oxygen atoms in total. The first-order chi connectivity index (χ1) is 13.9. The molecule has 0 saturated heterocycles. The zero-order chi connectivity index (χ0) is 21.0. The number of hydrogen-bond donors (Lipinski definition) is 1. The van der Waals surface area contributed by atoms with E-state index in [9.17, 15) is 9.59 Å². The van der Waals surface area contributed by atoms with Crippen molar-refractivity contribution in [1.82, 2.24) is 9.88 Å². The van der Waals surface area contributed by atoms with Crippen molar-refractivity contribution < 1.29 is 9.53 Å². The molecule has 0 spiro atoms. The summed E-state index contributed by atoms with van der Waals surface area (Å²) in [5.41, 5.74) is 3.29. The molecule has 1 heterocycles. The predicted molar refractivity (Wildman–Crippen MR) is 116 cm³/mol. The van der Waals surface area contributed by atoms with Gasteiger partial charge < -0.3 is 14.6 Å². The Morgan fingerprint density at radius 3 is 2.48 bits per heavy atom. The maximum Gasteiger partial charge on any atom is 0.253 e. The van der Waals surface area contributed by atoms with Gasteiger partial charge in [0.2, 0.25) is 5.91 Å². The van der Waals surface area contributed by atoms with Crippen molar-refractivity contribution in [2.24, 2.45) is 5.92 Å². The van der Waals surface area contributed by atoms with Gasteiger partial charge in [-0.05, 0) is 53.6 Å². The second kappa shape index (κ2) is 8.95. The first kappa shape index (κ1) is 20.6. The molecule has 0 bridgehead atoms. The van der Waals surface area contributed by atoms with E-state index in [1.807, 2.05) is 55.5 Å². The molecule has 0 radical (unpaired) electrons. The third kappa shape index (κ3) is 5.25. The average molecular weight is 392 g/mol. The summed E-state index contributed by atoms with van der Waals surface area (Å²) in [6.45, 7) is 7.03. The van der Waals surface area contributed by atoms with Gasteiger partial charge in [0.05, 0.1) is 20.1 Å². The lowest BCUT2D eigenvalue weighted by molar-refractivity contribution is -0.131. The molecular weight excluding hydrogens is 364 g/mol. The SMILES string of the molecule is COc1ccc(CC(=O)N(Cc2cc3ccc(C)cc3[nH]c2=O)CC(C)C)cc1. The van der Waals surface area contributed by atoms with Gasteiger partial charge in [0.1, 0.15) is 5.75 Å². The highest BCUT2D eigenvalue weighted by atomic mass is 16.5. The van der Waals surface area contributed by atoms with E-state index >= 15 is 0 Å². The van der Waals surface area contributed by atoms with Gasteiger partial charge in [-0.3, -0.25) is 9.59 Å². The lowest BCUT2D eigenvalue weighted by Crippen LogP contribution is -2.36. The van der Waals surface area contributed by atoms with Crippen LogP contribution in [-0.4, -0.2) is 29.4 Å². The minimum Gasteiger partial charge on any atom is -0.497 e. The molecule has 0 aliphatic carbocycles. The number of aromatic nitrogens is 1. The molecule has 152 valence electrons. The van der Waals surface area contributed by atoms with Crippen LogP contribution in [-0.2, 0) is 17.8 Å². The summed E-state index contributed by atoms with van der Waals surface area (Å²) in [6, 6.07) is 15.4. The van der Waals surface area contributed by atoms with Crippen molar-refractivity contribution in [1.29, 1.82) is 0 Å². The second-order valence-electron chi connectivity index (χ2n) is 7.91. The number of aryl methyl sites for hydroxylation is 1. The standard InChI is InChI=1S/C24H28N2O3/c1-16(2)14-26(23(27)12-18-6-9-21(29-4)10-7-18)15-20-13-19-8-5-17(3)11-22(19)25-24(20)28/h5-11,13,16H,12,14-15H2,1-4H3,(H,25,28). The Morgan fingerprint density at radius 1 is 1.10 bits per heavy atom. The van der Waals surface area contributed by atoms with Gasteiger partial charge in [-0.15, -0.1) is 0 Å². The zero-order valence-corrected chi connectivity index (χ0v) is 17.5. The Balaban J connectivity index is 1.83. The highest BCUT2D eigenvalue weighted by Gasteiger charge is 2.18. The van der Waals surface area contributed by atoms with E-state index in [2.05, 4.69) is 18.8 Å². The van der Waals surface area contributed by atoms with Crippen LogP contribution in [0, 0.1) is 12.8 Å². The monoisotopic (exact) mass is 392 g/mol. The number of ether oxygens (including phenoxy) is 1. The number of carbonyl (C=O) groups is 1. The van der Waals surface area contributed by atoms with E-state index in [-0.39, 0.29) is 11.5 Å². The molecule has 1 aromatic heterocycles. The summed E-state index contributed by atoms with van der Waals surface area (Å²) in [5, 5.41) is 0.970. The molecule has 1 amide bonds. The Hall–Kier alpha value is -3.08. The van der Waals surface area contributed by atoms with Gasteiger partial charge in [-0.1, -0.05) is 38.1 Å². The number of pyridine rings is 1. The number of nitrogens with one attached hydrogen (secondary N) is 1. The number of rotatable bonds is 7. The van der Waals surface area contributed by atoms with Gasteiger partial charge in [-0.2, -0.15) is 0 Å².